The number of H-pyrrole nitrogens is 1. The summed E-state index contributed by atoms with van der Waals surface area (Å²) in [6.07, 6.45) is 4.96. The van der Waals surface area contributed by atoms with Crippen LogP contribution in [0.4, 0.5) is 0 Å². The van der Waals surface area contributed by atoms with Crippen molar-refractivity contribution in [2.75, 3.05) is 0 Å². The van der Waals surface area contributed by atoms with Gasteiger partial charge in [0.05, 0.1) is 4.88 Å². The van der Waals surface area contributed by atoms with Gasteiger partial charge in [0.25, 0.3) is 0 Å². The summed E-state index contributed by atoms with van der Waals surface area (Å²) in [5.74, 6) is 0.743. The lowest BCUT2D eigenvalue weighted by Crippen LogP contribution is -1.83. The van der Waals surface area contributed by atoms with Gasteiger partial charge in [-0.15, -0.1) is 11.3 Å². The fraction of sp³-hybridized carbons (Fsp3) is 0.125. The van der Waals surface area contributed by atoms with Crippen LogP contribution in [0.25, 0.3) is 10.8 Å². The van der Waals surface area contributed by atoms with Crippen molar-refractivity contribution in [3.63, 3.8) is 0 Å². The molecule has 0 radical (unpaired) electrons. The van der Waals surface area contributed by atoms with Gasteiger partial charge in [0, 0.05) is 25.5 Å². The van der Waals surface area contributed by atoms with Crippen LogP contribution < -0.4 is 0 Å². The molecule has 5 heteroatoms. The Morgan fingerprint density at radius 3 is 2.92 bits per heavy atom. The highest BCUT2D eigenvalue weighted by atomic mass is 32.1. The summed E-state index contributed by atoms with van der Waals surface area (Å²) in [6, 6.07) is 0. The molecule has 66 valence electrons. The van der Waals surface area contributed by atoms with Crippen molar-refractivity contribution in [1.82, 2.24) is 15.0 Å². The van der Waals surface area contributed by atoms with Crippen molar-refractivity contribution < 1.29 is 4.79 Å². The van der Waals surface area contributed by atoms with Crippen LogP contribution in [0.2, 0.25) is 0 Å². The zero-order valence-electron chi connectivity index (χ0n) is 6.94. The number of carbonyl (C=O) groups excluding carboxylic acids is 1. The van der Waals surface area contributed by atoms with Gasteiger partial charge in [0.2, 0.25) is 0 Å². The Labute approximate surface area is 78.7 Å². The summed E-state index contributed by atoms with van der Waals surface area (Å²) in [5, 5.41) is 0.746. The summed E-state index contributed by atoms with van der Waals surface area (Å²) in [7, 11) is 0. The first-order chi connectivity index (χ1) is 6.27. The maximum Gasteiger partial charge on any atom is 0.171 e. The number of aromatic amines is 1. The van der Waals surface area contributed by atoms with E-state index in [0.29, 0.717) is 10.7 Å². The molecule has 2 rings (SSSR count). The number of nitrogens with zero attached hydrogens (tertiary/aromatic N) is 2. The molecule has 0 aliphatic rings. The van der Waals surface area contributed by atoms with Crippen LogP contribution in [-0.2, 0) is 0 Å². The first kappa shape index (κ1) is 8.12. The molecule has 0 spiro atoms. The second-order valence-electron chi connectivity index (χ2n) is 2.52. The molecule has 0 unspecified atom stereocenters. The molecular formula is C8H7N3OS. The largest absolute Gasteiger partial charge is 0.343 e. The highest BCUT2D eigenvalue weighted by Crippen LogP contribution is 2.21. The molecule has 0 aliphatic heterocycles. The molecule has 13 heavy (non-hydrogen) atoms. The van der Waals surface area contributed by atoms with Crippen molar-refractivity contribution >= 4 is 17.1 Å². The minimum Gasteiger partial charge on any atom is -0.343 e. The molecule has 0 saturated carbocycles. The van der Waals surface area contributed by atoms with Crippen LogP contribution >= 0.6 is 11.3 Å². The van der Waals surface area contributed by atoms with E-state index in [0.717, 1.165) is 5.01 Å². The first-order valence-corrected chi connectivity index (χ1v) is 4.55. The second-order valence-corrected chi connectivity index (χ2v) is 3.55. The third-order valence-electron chi connectivity index (χ3n) is 1.55. The van der Waals surface area contributed by atoms with Gasteiger partial charge in [-0.25, -0.2) is 9.97 Å². The molecular weight excluding hydrogens is 186 g/mol. The third kappa shape index (κ3) is 1.50. The van der Waals surface area contributed by atoms with E-state index in [1.54, 1.807) is 18.6 Å². The van der Waals surface area contributed by atoms with E-state index >= 15 is 0 Å². The number of imidazole rings is 1. The summed E-state index contributed by atoms with van der Waals surface area (Å²) < 4.78 is 0. The number of aromatic nitrogens is 3. The Morgan fingerprint density at radius 1 is 1.54 bits per heavy atom. The van der Waals surface area contributed by atoms with Crippen molar-refractivity contribution in [2.24, 2.45) is 0 Å². The Kier molecular flexibility index (Phi) is 1.94. The average molecular weight is 193 g/mol. The molecule has 0 atom stereocenters. The number of hydrogen-bond acceptors (Lipinski definition) is 4. The van der Waals surface area contributed by atoms with Crippen LogP contribution in [-0.4, -0.2) is 20.7 Å². The SMILES string of the molecule is CC(=O)c1cnc(-c2ncc[nH]2)s1. The number of nitrogens with one attached hydrogen (secondary N) is 1. The highest BCUT2D eigenvalue weighted by molar-refractivity contribution is 7.16. The molecule has 0 saturated heterocycles. The fourth-order valence-corrected chi connectivity index (χ4v) is 1.70. The molecule has 0 amide bonds. The van der Waals surface area contributed by atoms with E-state index in [1.807, 2.05) is 0 Å². The van der Waals surface area contributed by atoms with Gasteiger partial charge in [-0.3, -0.25) is 4.79 Å². The lowest BCUT2D eigenvalue weighted by atomic mass is 10.4. The first-order valence-electron chi connectivity index (χ1n) is 3.74. The lowest BCUT2D eigenvalue weighted by Gasteiger charge is -1.85. The zero-order chi connectivity index (χ0) is 9.26. The predicted molar refractivity (Wildman–Crippen MR) is 49.7 cm³/mol. The Morgan fingerprint density at radius 2 is 2.38 bits per heavy atom. The number of thiazole rings is 1. The van der Waals surface area contributed by atoms with Crippen LogP contribution in [0.15, 0.2) is 18.6 Å². The van der Waals surface area contributed by atoms with E-state index in [2.05, 4.69) is 15.0 Å². The van der Waals surface area contributed by atoms with Gasteiger partial charge in [-0.1, -0.05) is 0 Å². The Balaban J connectivity index is 2.39. The minimum absolute atomic E-state index is 0.0373. The van der Waals surface area contributed by atoms with Crippen LogP contribution in [0.1, 0.15) is 16.6 Å². The van der Waals surface area contributed by atoms with E-state index in [-0.39, 0.29) is 5.78 Å². The lowest BCUT2D eigenvalue weighted by molar-refractivity contribution is 0.102. The molecule has 1 N–H and O–H groups in total. The molecule has 2 aromatic rings. The van der Waals surface area contributed by atoms with Crippen LogP contribution in [0, 0.1) is 0 Å². The number of Topliss-reactive ketones (excluding diaryl/α,β-unsaturated/α-hetero) is 1. The number of ketones is 1. The van der Waals surface area contributed by atoms with E-state index in [1.165, 1.54) is 18.3 Å². The normalized spacial score (nSPS) is 10.2. The minimum atomic E-state index is 0.0373. The van der Waals surface area contributed by atoms with Crippen molar-refractivity contribution in [1.29, 1.82) is 0 Å². The molecule has 0 fully saturated rings. The maximum absolute atomic E-state index is 11.0. The van der Waals surface area contributed by atoms with Crippen molar-refractivity contribution in [3.05, 3.63) is 23.5 Å². The molecule has 0 aromatic carbocycles. The van der Waals surface area contributed by atoms with Crippen molar-refractivity contribution in [3.8, 4) is 10.8 Å². The Bertz CT molecular complexity index is 418. The van der Waals surface area contributed by atoms with Crippen LogP contribution in [0.5, 0.6) is 0 Å². The van der Waals surface area contributed by atoms with E-state index in [4.69, 9.17) is 0 Å². The third-order valence-corrected chi connectivity index (χ3v) is 2.66. The monoisotopic (exact) mass is 193 g/mol. The highest BCUT2D eigenvalue weighted by Gasteiger charge is 2.08. The van der Waals surface area contributed by atoms with Gasteiger partial charge in [0.15, 0.2) is 16.6 Å². The number of rotatable bonds is 2. The van der Waals surface area contributed by atoms with Gasteiger partial charge < -0.3 is 4.98 Å². The average Bonchev–Trinajstić information content (AvgIpc) is 2.75. The van der Waals surface area contributed by atoms with Gasteiger partial charge in [-0.2, -0.15) is 0 Å². The molecule has 2 aromatic heterocycles. The summed E-state index contributed by atoms with van der Waals surface area (Å²) >= 11 is 1.34. The molecule has 4 nitrogen and oxygen atoms in total. The fourth-order valence-electron chi connectivity index (χ4n) is 0.929. The molecule has 0 bridgehead atoms. The van der Waals surface area contributed by atoms with E-state index in [9.17, 15) is 4.79 Å². The summed E-state index contributed by atoms with van der Waals surface area (Å²) in [4.78, 5) is 22.7. The summed E-state index contributed by atoms with van der Waals surface area (Å²) in [6.45, 7) is 1.53. The summed E-state index contributed by atoms with van der Waals surface area (Å²) in [5.41, 5.74) is 0. The second kappa shape index (κ2) is 3.10. The number of carbonyl (C=O) groups is 1. The van der Waals surface area contributed by atoms with Gasteiger partial charge >= 0.3 is 0 Å². The van der Waals surface area contributed by atoms with E-state index < -0.39 is 0 Å². The van der Waals surface area contributed by atoms with Gasteiger partial charge in [0.1, 0.15) is 0 Å². The maximum atomic E-state index is 11.0. The standard InChI is InChI=1S/C8H7N3OS/c1-5(12)6-4-11-8(13-6)7-9-2-3-10-7/h2-4H,1H3,(H,9,10). The molecule has 2 heterocycles. The smallest absolute Gasteiger partial charge is 0.171 e. The molecule has 0 aliphatic carbocycles. The quantitative estimate of drug-likeness (QED) is 0.739. The number of hydrogen-bond donors (Lipinski definition) is 1. The van der Waals surface area contributed by atoms with Gasteiger partial charge in [-0.05, 0) is 0 Å². The predicted octanol–water partition coefficient (Wildman–Crippen LogP) is 1.74. The topological polar surface area (TPSA) is 58.6 Å². The Hall–Kier alpha value is -1.49. The zero-order valence-corrected chi connectivity index (χ0v) is 7.76. The van der Waals surface area contributed by atoms with Crippen LogP contribution in [0.3, 0.4) is 0 Å². The van der Waals surface area contributed by atoms with Crippen molar-refractivity contribution in [2.45, 2.75) is 6.92 Å².